The summed E-state index contributed by atoms with van der Waals surface area (Å²) in [5.41, 5.74) is -2.26. The SMILES string of the molecule is Cc1occc1C(=O)N1NC(=C(F)F)CC1(O)C(F)F. The van der Waals surface area contributed by atoms with Gasteiger partial charge in [0.15, 0.2) is 0 Å². The standard InChI is InChI=1S/C11H10F4N2O3/c1-5-6(2-3-20-5)9(18)17-11(19,10(14)15)4-7(16-17)8(12)13/h2-3,10,16,19H,4H2,1H3. The lowest BCUT2D eigenvalue weighted by Gasteiger charge is -2.30. The monoisotopic (exact) mass is 294 g/mol. The van der Waals surface area contributed by atoms with Gasteiger partial charge in [0.25, 0.3) is 18.4 Å². The van der Waals surface area contributed by atoms with Crippen molar-refractivity contribution in [2.24, 2.45) is 0 Å². The van der Waals surface area contributed by atoms with Crippen LogP contribution in [0.15, 0.2) is 28.5 Å². The van der Waals surface area contributed by atoms with E-state index in [9.17, 15) is 27.5 Å². The summed E-state index contributed by atoms with van der Waals surface area (Å²) in [5.74, 6) is -0.970. The van der Waals surface area contributed by atoms with Gasteiger partial charge in [-0.25, -0.2) is 13.8 Å². The lowest BCUT2D eigenvalue weighted by molar-refractivity contribution is -0.168. The Morgan fingerprint density at radius 2 is 2.20 bits per heavy atom. The maximum atomic E-state index is 12.9. The first-order valence-electron chi connectivity index (χ1n) is 5.47. The molecule has 1 atom stereocenters. The summed E-state index contributed by atoms with van der Waals surface area (Å²) in [5, 5.41) is 9.90. The lowest BCUT2D eigenvalue weighted by Crippen LogP contribution is -2.55. The third-order valence-corrected chi connectivity index (χ3v) is 2.94. The Hall–Kier alpha value is -2.03. The highest BCUT2D eigenvalue weighted by molar-refractivity contribution is 5.95. The van der Waals surface area contributed by atoms with E-state index < -0.39 is 36.3 Å². The molecule has 5 nitrogen and oxygen atoms in total. The van der Waals surface area contributed by atoms with Crippen molar-refractivity contribution in [1.29, 1.82) is 0 Å². The molecule has 1 amide bonds. The van der Waals surface area contributed by atoms with Crippen LogP contribution in [0.25, 0.3) is 0 Å². The van der Waals surface area contributed by atoms with Crippen LogP contribution in [-0.2, 0) is 0 Å². The molecule has 0 saturated carbocycles. The number of amides is 1. The van der Waals surface area contributed by atoms with Crippen LogP contribution in [0.4, 0.5) is 17.6 Å². The summed E-state index contributed by atoms with van der Waals surface area (Å²) in [4.78, 5) is 12.1. The number of carbonyl (C=O) groups is 1. The fourth-order valence-corrected chi connectivity index (χ4v) is 1.85. The minimum atomic E-state index is -3.43. The molecule has 110 valence electrons. The molecule has 0 aromatic carbocycles. The van der Waals surface area contributed by atoms with Gasteiger partial charge in [-0.15, -0.1) is 0 Å². The van der Waals surface area contributed by atoms with Crippen LogP contribution in [0.1, 0.15) is 22.5 Å². The Morgan fingerprint density at radius 1 is 1.55 bits per heavy atom. The molecule has 0 spiro atoms. The Balaban J connectivity index is 2.41. The minimum Gasteiger partial charge on any atom is -0.469 e. The second kappa shape index (κ2) is 4.82. The highest BCUT2D eigenvalue weighted by Gasteiger charge is 2.53. The van der Waals surface area contributed by atoms with Gasteiger partial charge in [-0.2, -0.15) is 8.78 Å². The molecule has 0 bridgehead atoms. The molecule has 0 radical (unpaired) electrons. The van der Waals surface area contributed by atoms with Crippen molar-refractivity contribution in [2.75, 3.05) is 0 Å². The van der Waals surface area contributed by atoms with Crippen molar-refractivity contribution in [3.63, 3.8) is 0 Å². The van der Waals surface area contributed by atoms with E-state index in [0.717, 1.165) is 6.26 Å². The normalized spacial score (nSPS) is 22.4. The molecular formula is C11H10F4N2O3. The molecule has 20 heavy (non-hydrogen) atoms. The van der Waals surface area contributed by atoms with Gasteiger partial charge in [0, 0.05) is 0 Å². The number of hydrazine groups is 1. The average molecular weight is 294 g/mol. The van der Waals surface area contributed by atoms with E-state index in [-0.39, 0.29) is 16.3 Å². The Morgan fingerprint density at radius 3 is 2.65 bits per heavy atom. The first kappa shape index (κ1) is 14.4. The van der Waals surface area contributed by atoms with E-state index in [1.54, 1.807) is 0 Å². The highest BCUT2D eigenvalue weighted by Crippen LogP contribution is 2.35. The van der Waals surface area contributed by atoms with Crippen LogP contribution in [0.2, 0.25) is 0 Å². The number of nitrogens with one attached hydrogen (secondary N) is 1. The predicted octanol–water partition coefficient (Wildman–Crippen LogP) is 2.00. The van der Waals surface area contributed by atoms with Crippen LogP contribution in [0, 0.1) is 6.92 Å². The van der Waals surface area contributed by atoms with Crippen LogP contribution in [0.3, 0.4) is 0 Å². The third kappa shape index (κ3) is 2.13. The molecule has 2 rings (SSSR count). The first-order chi connectivity index (χ1) is 9.27. The molecule has 1 aromatic rings. The van der Waals surface area contributed by atoms with Crippen molar-refractivity contribution in [1.82, 2.24) is 10.4 Å². The third-order valence-electron chi connectivity index (χ3n) is 2.94. The molecule has 2 heterocycles. The van der Waals surface area contributed by atoms with Crippen LogP contribution < -0.4 is 5.43 Å². The Bertz CT molecular complexity index is 568. The quantitative estimate of drug-likeness (QED) is 0.819. The fourth-order valence-electron chi connectivity index (χ4n) is 1.85. The number of nitrogens with zero attached hydrogens (tertiary/aromatic N) is 1. The lowest BCUT2D eigenvalue weighted by atomic mass is 10.1. The van der Waals surface area contributed by atoms with Gasteiger partial charge in [-0.05, 0) is 13.0 Å². The van der Waals surface area contributed by atoms with Crippen molar-refractivity contribution < 1.29 is 31.9 Å². The van der Waals surface area contributed by atoms with Crippen molar-refractivity contribution >= 4 is 5.91 Å². The number of aryl methyl sites for hydroxylation is 1. The van der Waals surface area contributed by atoms with Crippen LogP contribution in [-0.4, -0.2) is 28.2 Å². The number of alkyl halides is 2. The zero-order valence-electron chi connectivity index (χ0n) is 10.2. The summed E-state index contributed by atoms with van der Waals surface area (Å²) in [6, 6.07) is 1.19. The number of aliphatic hydroxyl groups is 1. The van der Waals surface area contributed by atoms with E-state index in [1.165, 1.54) is 13.0 Å². The van der Waals surface area contributed by atoms with Crippen molar-refractivity contribution in [2.45, 2.75) is 25.5 Å². The topological polar surface area (TPSA) is 65.7 Å². The van der Waals surface area contributed by atoms with E-state index in [1.807, 2.05) is 5.43 Å². The summed E-state index contributed by atoms with van der Waals surface area (Å²) < 4.78 is 55.7. The highest BCUT2D eigenvalue weighted by atomic mass is 19.3. The second-order valence-electron chi connectivity index (χ2n) is 4.24. The summed E-state index contributed by atoms with van der Waals surface area (Å²) in [6.45, 7) is 1.40. The molecule has 1 unspecified atom stereocenters. The molecule has 2 N–H and O–H groups in total. The maximum Gasteiger partial charge on any atom is 0.291 e. The predicted molar refractivity (Wildman–Crippen MR) is 57.6 cm³/mol. The first-order valence-corrected chi connectivity index (χ1v) is 5.47. The largest absolute Gasteiger partial charge is 0.469 e. The van der Waals surface area contributed by atoms with Gasteiger partial charge in [0.2, 0.25) is 5.72 Å². The maximum absolute atomic E-state index is 12.9. The van der Waals surface area contributed by atoms with Gasteiger partial charge < -0.3 is 9.52 Å². The van der Waals surface area contributed by atoms with Gasteiger partial charge in [0.1, 0.15) is 11.5 Å². The molecule has 1 aliphatic rings. The number of rotatable bonds is 2. The summed E-state index contributed by atoms with van der Waals surface area (Å²) >= 11 is 0. The zero-order valence-corrected chi connectivity index (χ0v) is 10.2. The summed E-state index contributed by atoms with van der Waals surface area (Å²) in [6.07, 6.45) is -5.64. The number of furan rings is 1. The smallest absolute Gasteiger partial charge is 0.291 e. The average Bonchev–Trinajstić information content (AvgIpc) is 2.93. The Kier molecular flexibility index (Phi) is 3.46. The summed E-state index contributed by atoms with van der Waals surface area (Å²) in [7, 11) is 0. The number of hydrogen-bond acceptors (Lipinski definition) is 4. The van der Waals surface area contributed by atoms with Gasteiger partial charge in [0.05, 0.1) is 18.2 Å². The van der Waals surface area contributed by atoms with Crippen LogP contribution in [0.5, 0.6) is 0 Å². The van der Waals surface area contributed by atoms with Gasteiger partial charge in [-0.3, -0.25) is 10.2 Å². The van der Waals surface area contributed by atoms with Gasteiger partial charge in [-0.1, -0.05) is 0 Å². The van der Waals surface area contributed by atoms with Crippen molar-refractivity contribution in [3.05, 3.63) is 35.4 Å². The number of carbonyl (C=O) groups excluding carboxylic acids is 1. The number of halogens is 4. The second-order valence-corrected chi connectivity index (χ2v) is 4.24. The van der Waals surface area contributed by atoms with E-state index >= 15 is 0 Å². The molecule has 1 fully saturated rings. The van der Waals surface area contributed by atoms with Gasteiger partial charge >= 0.3 is 0 Å². The Labute approximate surface area is 110 Å². The zero-order chi connectivity index (χ0) is 15.1. The van der Waals surface area contributed by atoms with Crippen LogP contribution >= 0.6 is 0 Å². The molecule has 9 heteroatoms. The fraction of sp³-hybridized carbons (Fsp3) is 0.364. The molecule has 0 aliphatic carbocycles. The van der Waals surface area contributed by atoms with E-state index in [0.29, 0.717) is 0 Å². The van der Waals surface area contributed by atoms with E-state index in [4.69, 9.17) is 4.42 Å². The molecule has 1 saturated heterocycles. The molecular weight excluding hydrogens is 284 g/mol. The van der Waals surface area contributed by atoms with Crippen molar-refractivity contribution in [3.8, 4) is 0 Å². The minimum absolute atomic E-state index is 0.101. The molecule has 1 aliphatic heterocycles. The van der Waals surface area contributed by atoms with E-state index in [2.05, 4.69) is 0 Å². The molecule has 1 aromatic heterocycles. The number of hydrogen-bond donors (Lipinski definition) is 2.